The van der Waals surface area contributed by atoms with Gasteiger partial charge in [-0.2, -0.15) is 0 Å². The van der Waals surface area contributed by atoms with Gasteiger partial charge in [-0.25, -0.2) is 9.37 Å². The van der Waals surface area contributed by atoms with Crippen molar-refractivity contribution in [1.29, 1.82) is 0 Å². The molecule has 2 aromatic rings. The number of nitrogens with zero attached hydrogens (tertiary/aromatic N) is 1. The lowest BCUT2D eigenvalue weighted by atomic mass is 9.96. The van der Waals surface area contributed by atoms with E-state index in [-0.39, 0.29) is 12.5 Å². The number of thiazole rings is 1. The Balaban J connectivity index is 1.88. The Bertz CT molecular complexity index is 502. The molecule has 0 saturated heterocycles. The molecule has 0 radical (unpaired) electrons. The van der Waals surface area contributed by atoms with Gasteiger partial charge in [-0.3, -0.25) is 0 Å². The molecular weight excluding hydrogens is 235 g/mol. The zero-order chi connectivity index (χ0) is 11.9. The fourth-order valence-corrected chi connectivity index (χ4v) is 3.31. The third-order valence-electron chi connectivity index (χ3n) is 3.43. The number of fused-ring (bicyclic) bond motifs is 1. The third kappa shape index (κ3) is 2.07. The second kappa shape index (κ2) is 4.03. The maximum absolute atomic E-state index is 14.6. The van der Waals surface area contributed by atoms with Gasteiger partial charge in [0.15, 0.2) is 0 Å². The molecule has 0 amide bonds. The summed E-state index contributed by atoms with van der Waals surface area (Å²) in [6, 6.07) is 7.93. The van der Waals surface area contributed by atoms with E-state index in [4.69, 9.17) is 5.73 Å². The number of rotatable bonds is 4. The molecule has 2 N–H and O–H groups in total. The third-order valence-corrected chi connectivity index (χ3v) is 4.47. The first-order valence-corrected chi connectivity index (χ1v) is 6.76. The summed E-state index contributed by atoms with van der Waals surface area (Å²) in [5.74, 6) is 0.152. The topological polar surface area (TPSA) is 38.9 Å². The molecule has 1 fully saturated rings. The Morgan fingerprint density at radius 2 is 2.18 bits per heavy atom. The van der Waals surface area contributed by atoms with Gasteiger partial charge in [0.2, 0.25) is 0 Å². The van der Waals surface area contributed by atoms with Crippen molar-refractivity contribution in [3.8, 4) is 0 Å². The van der Waals surface area contributed by atoms with E-state index in [2.05, 4.69) is 4.98 Å². The van der Waals surface area contributed by atoms with Gasteiger partial charge < -0.3 is 5.73 Å². The zero-order valence-electron chi connectivity index (χ0n) is 9.53. The smallest absolute Gasteiger partial charge is 0.132 e. The van der Waals surface area contributed by atoms with E-state index in [1.165, 1.54) is 0 Å². The molecule has 0 aliphatic heterocycles. The standard InChI is InChI=1S/C13H15FN2S/c14-13(8-15,9-5-6-9)7-12-16-10-3-1-2-4-11(10)17-12/h1-4,9H,5-8,15H2. The fourth-order valence-electron chi connectivity index (χ4n) is 2.23. The van der Waals surface area contributed by atoms with Crippen molar-refractivity contribution in [3.05, 3.63) is 29.3 Å². The van der Waals surface area contributed by atoms with Crippen molar-refractivity contribution < 1.29 is 4.39 Å². The summed E-state index contributed by atoms with van der Waals surface area (Å²) >= 11 is 1.58. The summed E-state index contributed by atoms with van der Waals surface area (Å²) in [4.78, 5) is 4.48. The van der Waals surface area contributed by atoms with E-state index in [0.29, 0.717) is 6.42 Å². The molecular formula is C13H15FN2S. The van der Waals surface area contributed by atoms with Gasteiger partial charge in [0, 0.05) is 13.0 Å². The van der Waals surface area contributed by atoms with Crippen LogP contribution in [0.2, 0.25) is 0 Å². The Morgan fingerprint density at radius 3 is 2.82 bits per heavy atom. The molecule has 1 aliphatic carbocycles. The highest BCUT2D eigenvalue weighted by Crippen LogP contribution is 2.44. The Labute approximate surface area is 104 Å². The first-order chi connectivity index (χ1) is 8.21. The minimum absolute atomic E-state index is 0.105. The summed E-state index contributed by atoms with van der Waals surface area (Å²) in [7, 11) is 0. The molecule has 0 spiro atoms. The van der Waals surface area contributed by atoms with Crippen molar-refractivity contribution >= 4 is 21.6 Å². The van der Waals surface area contributed by atoms with Crippen LogP contribution in [0.1, 0.15) is 17.8 Å². The SMILES string of the molecule is NCC(F)(Cc1nc2ccccc2s1)C1CC1. The number of hydrogen-bond acceptors (Lipinski definition) is 3. The first-order valence-electron chi connectivity index (χ1n) is 5.95. The van der Waals surface area contributed by atoms with E-state index in [9.17, 15) is 4.39 Å². The predicted molar refractivity (Wildman–Crippen MR) is 68.9 cm³/mol. The summed E-state index contributed by atoms with van der Waals surface area (Å²) in [5.41, 5.74) is 5.31. The van der Waals surface area contributed by atoms with E-state index >= 15 is 0 Å². The van der Waals surface area contributed by atoms with Crippen LogP contribution in [0.15, 0.2) is 24.3 Å². The molecule has 4 heteroatoms. The molecule has 90 valence electrons. The van der Waals surface area contributed by atoms with Crippen molar-refractivity contribution in [3.63, 3.8) is 0 Å². The molecule has 1 aromatic carbocycles. The average Bonchev–Trinajstić information content (AvgIpc) is 3.11. The van der Waals surface area contributed by atoms with E-state index < -0.39 is 5.67 Å². The molecule has 1 aromatic heterocycles. The van der Waals surface area contributed by atoms with Gasteiger partial charge in [0.05, 0.1) is 15.2 Å². The van der Waals surface area contributed by atoms with Crippen LogP contribution in [0, 0.1) is 5.92 Å². The van der Waals surface area contributed by atoms with Gasteiger partial charge in [-0.1, -0.05) is 12.1 Å². The largest absolute Gasteiger partial charge is 0.328 e. The maximum atomic E-state index is 14.6. The van der Waals surface area contributed by atoms with Gasteiger partial charge in [0.25, 0.3) is 0 Å². The molecule has 1 unspecified atom stereocenters. The summed E-state index contributed by atoms with van der Waals surface area (Å²) in [6.45, 7) is 0.105. The van der Waals surface area contributed by atoms with Crippen LogP contribution >= 0.6 is 11.3 Å². The van der Waals surface area contributed by atoms with Gasteiger partial charge in [-0.15, -0.1) is 11.3 Å². The van der Waals surface area contributed by atoms with Crippen molar-refractivity contribution in [1.82, 2.24) is 4.98 Å². The number of alkyl halides is 1. The highest BCUT2D eigenvalue weighted by Gasteiger charge is 2.45. The van der Waals surface area contributed by atoms with Crippen LogP contribution in [-0.4, -0.2) is 17.2 Å². The molecule has 17 heavy (non-hydrogen) atoms. The van der Waals surface area contributed by atoms with Crippen molar-refractivity contribution in [2.24, 2.45) is 11.7 Å². The minimum atomic E-state index is -1.24. The van der Waals surface area contributed by atoms with Crippen LogP contribution in [0.5, 0.6) is 0 Å². The second-order valence-electron chi connectivity index (χ2n) is 4.77. The van der Waals surface area contributed by atoms with Gasteiger partial charge in [0.1, 0.15) is 5.67 Å². The van der Waals surface area contributed by atoms with Gasteiger partial charge in [-0.05, 0) is 30.9 Å². The Kier molecular flexibility index (Phi) is 2.64. The molecule has 1 aliphatic rings. The van der Waals surface area contributed by atoms with Crippen LogP contribution in [0.3, 0.4) is 0 Å². The Morgan fingerprint density at radius 1 is 1.41 bits per heavy atom. The zero-order valence-corrected chi connectivity index (χ0v) is 10.3. The molecule has 1 atom stereocenters. The molecule has 2 nitrogen and oxygen atoms in total. The monoisotopic (exact) mass is 250 g/mol. The quantitative estimate of drug-likeness (QED) is 0.906. The number of benzene rings is 1. The van der Waals surface area contributed by atoms with Crippen molar-refractivity contribution in [2.45, 2.75) is 24.9 Å². The van der Waals surface area contributed by atoms with E-state index in [0.717, 1.165) is 28.1 Å². The average molecular weight is 250 g/mol. The lowest BCUT2D eigenvalue weighted by molar-refractivity contribution is 0.142. The summed E-state index contributed by atoms with van der Waals surface area (Å²) < 4.78 is 15.7. The van der Waals surface area contributed by atoms with Crippen molar-refractivity contribution in [2.75, 3.05) is 6.54 Å². The van der Waals surface area contributed by atoms with Gasteiger partial charge >= 0.3 is 0 Å². The highest BCUT2D eigenvalue weighted by atomic mass is 32.1. The minimum Gasteiger partial charge on any atom is -0.328 e. The molecule has 1 heterocycles. The number of hydrogen-bond donors (Lipinski definition) is 1. The lowest BCUT2D eigenvalue weighted by Crippen LogP contribution is -2.37. The Hall–Kier alpha value is -1.00. The maximum Gasteiger partial charge on any atom is 0.132 e. The lowest BCUT2D eigenvalue weighted by Gasteiger charge is -2.21. The van der Waals surface area contributed by atoms with Crippen LogP contribution < -0.4 is 5.73 Å². The molecule has 0 bridgehead atoms. The van der Waals surface area contributed by atoms with Crippen LogP contribution in [0.25, 0.3) is 10.2 Å². The highest BCUT2D eigenvalue weighted by molar-refractivity contribution is 7.18. The van der Waals surface area contributed by atoms with Crippen LogP contribution in [0.4, 0.5) is 4.39 Å². The number of aromatic nitrogens is 1. The molecule has 1 saturated carbocycles. The summed E-state index contributed by atoms with van der Waals surface area (Å²) in [6.07, 6.45) is 2.31. The normalized spacial score (nSPS) is 19.4. The van der Waals surface area contributed by atoms with E-state index in [1.807, 2.05) is 24.3 Å². The first kappa shape index (κ1) is 11.1. The predicted octanol–water partition coefficient (Wildman–Crippen LogP) is 2.92. The molecule has 3 rings (SSSR count). The number of para-hydroxylation sites is 1. The fraction of sp³-hybridized carbons (Fsp3) is 0.462. The number of halogens is 1. The van der Waals surface area contributed by atoms with Crippen LogP contribution in [-0.2, 0) is 6.42 Å². The number of nitrogens with two attached hydrogens (primary N) is 1. The van der Waals surface area contributed by atoms with E-state index in [1.54, 1.807) is 11.3 Å². The summed E-state index contributed by atoms with van der Waals surface area (Å²) in [5, 5.41) is 0.867. The second-order valence-corrected chi connectivity index (χ2v) is 5.88.